The van der Waals surface area contributed by atoms with Gasteiger partial charge in [-0.1, -0.05) is 48.9 Å². The van der Waals surface area contributed by atoms with Crippen LogP contribution in [0.4, 0.5) is 0 Å². The fraction of sp³-hybridized carbons (Fsp3) is 0.333. The summed E-state index contributed by atoms with van der Waals surface area (Å²) in [5.41, 5.74) is 3.65. The van der Waals surface area contributed by atoms with Crippen LogP contribution in [-0.2, 0) is 0 Å². The topological polar surface area (TPSA) is 9.23 Å². The molecule has 0 heterocycles. The number of ether oxygens (including phenoxy) is 1. The van der Waals surface area contributed by atoms with Crippen molar-refractivity contribution in [2.24, 2.45) is 0 Å². The van der Waals surface area contributed by atoms with E-state index in [9.17, 15) is 0 Å². The molecule has 0 atom stereocenters. The molecule has 0 aliphatic heterocycles. The molecule has 1 nitrogen and oxygen atoms in total. The van der Waals surface area contributed by atoms with Gasteiger partial charge in [0.25, 0.3) is 0 Å². The number of hydrogen-bond donors (Lipinski definition) is 0. The van der Waals surface area contributed by atoms with Crippen molar-refractivity contribution < 1.29 is 4.74 Å². The molecule has 0 amide bonds. The first-order valence-electron chi connectivity index (χ1n) is 6.86. The molecule has 0 radical (unpaired) electrons. The van der Waals surface area contributed by atoms with Gasteiger partial charge in [0.05, 0.1) is 0 Å². The van der Waals surface area contributed by atoms with E-state index in [1.807, 2.05) is 12.1 Å². The van der Waals surface area contributed by atoms with E-state index in [4.69, 9.17) is 4.74 Å². The van der Waals surface area contributed by atoms with Crippen molar-refractivity contribution in [2.75, 3.05) is 0 Å². The normalized spacial score (nSPS) is 11.4. The Morgan fingerprint density at radius 2 is 1.32 bits per heavy atom. The fourth-order valence-corrected chi connectivity index (χ4v) is 1.85. The molecule has 0 saturated carbocycles. The van der Waals surface area contributed by atoms with Crippen molar-refractivity contribution in [3.63, 3.8) is 0 Å². The van der Waals surface area contributed by atoms with Gasteiger partial charge < -0.3 is 4.74 Å². The van der Waals surface area contributed by atoms with Crippen LogP contribution in [0, 0.1) is 6.92 Å². The van der Waals surface area contributed by atoms with Gasteiger partial charge in [-0.25, -0.2) is 0 Å². The number of rotatable bonds is 4. The van der Waals surface area contributed by atoms with Crippen molar-refractivity contribution in [1.82, 2.24) is 0 Å². The molecule has 2 rings (SSSR count). The Balaban J connectivity index is 2.16. The third kappa shape index (κ3) is 3.60. The van der Waals surface area contributed by atoms with Crippen molar-refractivity contribution in [2.45, 2.75) is 39.7 Å². The molecule has 0 bridgehead atoms. The summed E-state index contributed by atoms with van der Waals surface area (Å²) in [6.07, 6.45) is 0.993. The molecule has 0 fully saturated rings. The molecule has 0 N–H and O–H groups in total. The first-order valence-corrected chi connectivity index (χ1v) is 6.86. The molecular weight excluding hydrogens is 232 g/mol. The molecule has 0 unspecified atom stereocenters. The summed E-state index contributed by atoms with van der Waals surface area (Å²) in [5, 5.41) is 0. The minimum absolute atomic E-state index is 0.106. The minimum atomic E-state index is -0.106. The molecule has 19 heavy (non-hydrogen) atoms. The zero-order chi connectivity index (χ0) is 13.9. The zero-order valence-electron chi connectivity index (χ0n) is 12.2. The van der Waals surface area contributed by atoms with E-state index in [-0.39, 0.29) is 5.60 Å². The van der Waals surface area contributed by atoms with E-state index in [2.05, 4.69) is 64.1 Å². The fourth-order valence-electron chi connectivity index (χ4n) is 1.85. The lowest BCUT2D eigenvalue weighted by atomic mass is 10.0. The third-order valence-electron chi connectivity index (χ3n) is 3.48. The van der Waals surface area contributed by atoms with Gasteiger partial charge in [0.2, 0.25) is 0 Å². The number of hydrogen-bond acceptors (Lipinski definition) is 1. The highest BCUT2D eigenvalue weighted by Crippen LogP contribution is 2.25. The lowest BCUT2D eigenvalue weighted by Crippen LogP contribution is -2.26. The van der Waals surface area contributed by atoms with E-state index in [0.29, 0.717) is 0 Å². The highest BCUT2D eigenvalue weighted by Gasteiger charge is 2.16. The lowest BCUT2D eigenvalue weighted by molar-refractivity contribution is 0.105. The second-order valence-electron chi connectivity index (χ2n) is 5.61. The standard InChI is InChI=1S/C18H22O/c1-5-18(3,4)19-17-12-10-16(11-13-17)15-8-6-14(2)7-9-15/h6-13H,5H2,1-4H3. The van der Waals surface area contributed by atoms with Crippen LogP contribution >= 0.6 is 0 Å². The number of aryl methyl sites for hydroxylation is 1. The third-order valence-corrected chi connectivity index (χ3v) is 3.48. The predicted molar refractivity (Wildman–Crippen MR) is 81.6 cm³/mol. The Bertz CT molecular complexity index is 521. The second kappa shape index (κ2) is 5.48. The SMILES string of the molecule is CCC(C)(C)Oc1ccc(-c2ccc(C)cc2)cc1. The monoisotopic (exact) mass is 254 g/mol. The van der Waals surface area contributed by atoms with E-state index in [1.54, 1.807) is 0 Å². The Morgan fingerprint density at radius 1 is 0.842 bits per heavy atom. The van der Waals surface area contributed by atoms with Crippen LogP contribution in [0.1, 0.15) is 32.8 Å². The summed E-state index contributed by atoms with van der Waals surface area (Å²) < 4.78 is 5.96. The van der Waals surface area contributed by atoms with Crippen molar-refractivity contribution in [3.8, 4) is 16.9 Å². The van der Waals surface area contributed by atoms with Crippen LogP contribution in [0.25, 0.3) is 11.1 Å². The first kappa shape index (κ1) is 13.7. The maximum Gasteiger partial charge on any atom is 0.120 e. The van der Waals surface area contributed by atoms with Gasteiger partial charge in [0.15, 0.2) is 0 Å². The summed E-state index contributed by atoms with van der Waals surface area (Å²) in [6, 6.07) is 16.9. The Morgan fingerprint density at radius 3 is 1.79 bits per heavy atom. The maximum atomic E-state index is 5.96. The molecule has 2 aromatic rings. The van der Waals surface area contributed by atoms with Gasteiger partial charge in [-0.2, -0.15) is 0 Å². The average Bonchev–Trinajstić information content (AvgIpc) is 2.40. The van der Waals surface area contributed by atoms with Gasteiger partial charge in [-0.3, -0.25) is 0 Å². The molecule has 100 valence electrons. The highest BCUT2D eigenvalue weighted by molar-refractivity contribution is 5.64. The number of benzene rings is 2. The quantitative estimate of drug-likeness (QED) is 0.726. The van der Waals surface area contributed by atoms with E-state index < -0.39 is 0 Å². The summed E-state index contributed by atoms with van der Waals surface area (Å²) >= 11 is 0. The van der Waals surface area contributed by atoms with Crippen LogP contribution in [0.5, 0.6) is 5.75 Å². The summed E-state index contributed by atoms with van der Waals surface area (Å²) in [5.74, 6) is 0.933. The van der Waals surface area contributed by atoms with Crippen LogP contribution in [0.2, 0.25) is 0 Å². The molecule has 0 aliphatic carbocycles. The van der Waals surface area contributed by atoms with Crippen molar-refractivity contribution in [1.29, 1.82) is 0 Å². The largest absolute Gasteiger partial charge is 0.488 e. The Hall–Kier alpha value is -1.76. The summed E-state index contributed by atoms with van der Waals surface area (Å²) in [7, 11) is 0. The summed E-state index contributed by atoms with van der Waals surface area (Å²) in [4.78, 5) is 0. The molecule has 0 saturated heterocycles. The van der Waals surface area contributed by atoms with Gasteiger partial charge in [0, 0.05) is 0 Å². The highest BCUT2D eigenvalue weighted by atomic mass is 16.5. The minimum Gasteiger partial charge on any atom is -0.488 e. The Labute approximate surface area is 116 Å². The first-order chi connectivity index (χ1) is 9.00. The van der Waals surface area contributed by atoms with Crippen LogP contribution in [-0.4, -0.2) is 5.60 Å². The van der Waals surface area contributed by atoms with Crippen LogP contribution < -0.4 is 4.74 Å². The van der Waals surface area contributed by atoms with Gasteiger partial charge >= 0.3 is 0 Å². The molecule has 0 aromatic heterocycles. The maximum absolute atomic E-state index is 5.96. The van der Waals surface area contributed by atoms with Crippen LogP contribution in [0.15, 0.2) is 48.5 Å². The van der Waals surface area contributed by atoms with Gasteiger partial charge in [-0.05, 0) is 50.5 Å². The van der Waals surface area contributed by atoms with Crippen LogP contribution in [0.3, 0.4) is 0 Å². The molecular formula is C18H22O. The second-order valence-corrected chi connectivity index (χ2v) is 5.61. The predicted octanol–water partition coefficient (Wildman–Crippen LogP) is 5.23. The average molecular weight is 254 g/mol. The summed E-state index contributed by atoms with van der Waals surface area (Å²) in [6.45, 7) is 8.47. The molecule has 2 aromatic carbocycles. The Kier molecular flexibility index (Phi) is 3.94. The van der Waals surface area contributed by atoms with E-state index in [1.165, 1.54) is 16.7 Å². The molecule has 0 spiro atoms. The van der Waals surface area contributed by atoms with Gasteiger partial charge in [0.1, 0.15) is 11.4 Å². The van der Waals surface area contributed by atoms with E-state index >= 15 is 0 Å². The van der Waals surface area contributed by atoms with Gasteiger partial charge in [-0.15, -0.1) is 0 Å². The van der Waals surface area contributed by atoms with Crippen molar-refractivity contribution in [3.05, 3.63) is 54.1 Å². The van der Waals surface area contributed by atoms with E-state index in [0.717, 1.165) is 12.2 Å². The van der Waals surface area contributed by atoms with Crippen molar-refractivity contribution >= 4 is 0 Å². The molecule has 1 heteroatoms. The lowest BCUT2D eigenvalue weighted by Gasteiger charge is -2.24. The zero-order valence-corrected chi connectivity index (χ0v) is 12.2. The molecule has 0 aliphatic rings. The smallest absolute Gasteiger partial charge is 0.120 e.